The van der Waals surface area contributed by atoms with Gasteiger partial charge in [-0.25, -0.2) is 0 Å². The molecule has 4 atom stereocenters. The Bertz CT molecular complexity index is 1630. The zero-order valence-corrected chi connectivity index (χ0v) is 26.5. The van der Waals surface area contributed by atoms with Crippen molar-refractivity contribution < 1.29 is 6.51 Å². The molecular weight excluding hydrogens is 550 g/mol. The van der Waals surface area contributed by atoms with Gasteiger partial charge in [-0.15, -0.1) is 7.92 Å². The molecular formula is C36H46FeP2. The number of hydrogen-bond acceptors (Lipinski definition) is 0. The van der Waals surface area contributed by atoms with Crippen LogP contribution in [0.5, 0.6) is 0 Å². The fourth-order valence-electron chi connectivity index (χ4n) is 22.0. The Morgan fingerprint density at radius 2 is 1.00 bits per heavy atom. The van der Waals surface area contributed by atoms with Crippen LogP contribution in [0, 0.1) is 0 Å². The minimum atomic E-state index is -3.05. The Hall–Kier alpha value is -0.181. The van der Waals surface area contributed by atoms with Crippen molar-refractivity contribution in [3.8, 4) is 0 Å². The average molecular weight is 597 g/mol. The molecule has 10 saturated heterocycles. The van der Waals surface area contributed by atoms with Crippen molar-refractivity contribution >= 4 is 26.5 Å². The molecule has 0 radical (unpaired) electrons. The molecule has 2 aromatic carbocycles. The van der Waals surface area contributed by atoms with Crippen LogP contribution in [0.2, 0.25) is 43.3 Å². The standard InChI is InChI=1S/C17H14P.C14H27P.C5H5.Fe/c1-3-9-15(10-4-1)18(17-13-7-8-14-17)16-11-5-2-6-12-16;1-2-15(13-9-5-3-6-10-13)14-11-7-4-8-12-14;1-2-4-5-3-1;/h1-14H;13-14H,2-12H2,1H3;1-5H;. The van der Waals surface area contributed by atoms with E-state index < -0.39 is 6.51 Å². The molecule has 3 heteroatoms. The van der Waals surface area contributed by atoms with Crippen molar-refractivity contribution in [2.45, 2.75) is 130 Å². The van der Waals surface area contributed by atoms with Crippen LogP contribution in [0.4, 0.5) is 0 Å². The summed E-state index contributed by atoms with van der Waals surface area (Å²) in [5.41, 5.74) is 2.34. The topological polar surface area (TPSA) is 0 Å². The number of hydrogen-bond donors (Lipinski definition) is 0. The molecule has 2 aliphatic carbocycles. The van der Waals surface area contributed by atoms with Gasteiger partial charge >= 0.3 is 133 Å². The zero-order chi connectivity index (χ0) is 25.3. The van der Waals surface area contributed by atoms with Gasteiger partial charge < -0.3 is 0 Å². The molecule has 0 nitrogen and oxygen atoms in total. The fourth-order valence-corrected chi connectivity index (χ4v) is 114. The van der Waals surface area contributed by atoms with Crippen LogP contribution in [-0.4, -0.2) is 21.5 Å². The summed E-state index contributed by atoms with van der Waals surface area (Å²) in [5.74, 6) is 0. The molecule has 12 aliphatic rings. The van der Waals surface area contributed by atoms with Crippen LogP contribution in [0.3, 0.4) is 0 Å². The number of benzene rings is 2. The average Bonchev–Trinajstić information content (AvgIpc) is 3.95. The van der Waals surface area contributed by atoms with Gasteiger partial charge in [0.25, 0.3) is 0 Å². The Morgan fingerprint density at radius 3 is 1.31 bits per heavy atom. The molecule has 1 spiro atoms. The molecule has 12 fully saturated rings. The normalized spacial score (nSPS) is 64.0. The van der Waals surface area contributed by atoms with E-state index >= 15 is 0 Å². The van der Waals surface area contributed by atoms with Crippen LogP contribution >= 0.6 is 15.8 Å². The predicted molar refractivity (Wildman–Crippen MR) is 167 cm³/mol. The van der Waals surface area contributed by atoms with Gasteiger partial charge in [-0.1, -0.05) is 45.4 Å². The second-order valence-electron chi connectivity index (χ2n) is 18.1. The molecule has 10 heterocycles. The monoisotopic (exact) mass is 596 g/mol. The molecule has 39 heavy (non-hydrogen) atoms. The van der Waals surface area contributed by atoms with E-state index in [-0.39, 0.29) is 7.92 Å². The zero-order valence-electron chi connectivity index (χ0n) is 23.7. The van der Waals surface area contributed by atoms with E-state index in [1.165, 1.54) is 99.4 Å². The third-order valence-corrected chi connectivity index (χ3v) is 74.4. The summed E-state index contributed by atoms with van der Waals surface area (Å²) in [7, 11) is 0.337. The van der Waals surface area contributed by atoms with E-state index in [1.54, 1.807) is 36.3 Å². The number of rotatable bonds is 6. The summed E-state index contributed by atoms with van der Waals surface area (Å²) in [6.45, 7) is -0.582. The van der Waals surface area contributed by atoms with Crippen molar-refractivity contribution in [3.05, 3.63) is 60.7 Å². The second kappa shape index (κ2) is 3.76. The van der Waals surface area contributed by atoms with Crippen molar-refractivity contribution in [1.82, 2.24) is 0 Å². The van der Waals surface area contributed by atoms with Gasteiger partial charge in [0.2, 0.25) is 0 Å². The van der Waals surface area contributed by atoms with E-state index in [4.69, 9.17) is 0 Å². The minimum absolute atomic E-state index is 0.0683. The Kier molecular flexibility index (Phi) is 2.07. The summed E-state index contributed by atoms with van der Waals surface area (Å²) in [6.07, 6.45) is 17.0. The van der Waals surface area contributed by atoms with Gasteiger partial charge in [-0.3, -0.25) is 0 Å². The van der Waals surface area contributed by atoms with Gasteiger partial charge in [0.1, 0.15) is 0 Å². The summed E-state index contributed by atoms with van der Waals surface area (Å²) in [4.78, 5) is 12.9. The third kappa shape index (κ3) is 0.671. The van der Waals surface area contributed by atoms with Crippen molar-refractivity contribution in [2.75, 3.05) is 6.16 Å². The Morgan fingerprint density at radius 1 is 0.590 bits per heavy atom. The van der Waals surface area contributed by atoms with E-state index in [9.17, 15) is 0 Å². The number of fused-ring (bicyclic) bond motifs is 10. The SMILES string of the molecule is CCP(C1CCCCC1)C1CCCCC1.c1ccc(P(c2ccccc2)[C]23[CH]4[CH]5[CH]6[CH]2[Fe]56432789[CH]3[CH]2[CH]7[CH]8[CH]39)cc1. The summed E-state index contributed by atoms with van der Waals surface area (Å²) in [5, 5.41) is 3.48. The molecule has 208 valence electrons. The first kappa shape index (κ1) is 21.5. The molecule has 2 saturated carbocycles. The molecule has 0 bridgehead atoms. The fraction of sp³-hybridized carbons (Fsp3) is 0.667. The van der Waals surface area contributed by atoms with Gasteiger partial charge in [0, 0.05) is 0 Å². The van der Waals surface area contributed by atoms with Crippen LogP contribution < -0.4 is 10.6 Å². The van der Waals surface area contributed by atoms with Crippen LogP contribution in [0.25, 0.3) is 0 Å². The molecule has 0 aromatic heterocycles. The van der Waals surface area contributed by atoms with E-state index in [0.717, 1.165) is 4.05 Å². The maximum atomic E-state index is 2.50. The summed E-state index contributed by atoms with van der Waals surface area (Å²) in [6, 6.07) is 23.7. The molecule has 0 amide bonds. The first-order valence-corrected chi connectivity index (χ1v) is 26.2. The van der Waals surface area contributed by atoms with Gasteiger partial charge in [0.15, 0.2) is 0 Å². The van der Waals surface area contributed by atoms with Crippen LogP contribution in [0.15, 0.2) is 60.7 Å². The van der Waals surface area contributed by atoms with Crippen molar-refractivity contribution in [3.63, 3.8) is 0 Å². The summed E-state index contributed by atoms with van der Waals surface area (Å²) >= 11 is 0. The van der Waals surface area contributed by atoms with Crippen molar-refractivity contribution in [2.24, 2.45) is 0 Å². The van der Waals surface area contributed by atoms with Crippen molar-refractivity contribution in [1.29, 1.82) is 0 Å². The first-order valence-electron chi connectivity index (χ1n) is 16.9. The van der Waals surface area contributed by atoms with Gasteiger partial charge in [-0.2, -0.15) is 0 Å². The van der Waals surface area contributed by atoms with Gasteiger partial charge in [0.05, 0.1) is 0 Å². The third-order valence-electron chi connectivity index (χ3n) is 21.4. The van der Waals surface area contributed by atoms with Crippen LogP contribution in [0.1, 0.15) is 71.1 Å². The van der Waals surface area contributed by atoms with E-state index in [2.05, 4.69) is 67.6 Å². The molecule has 10 aliphatic heterocycles. The first-order chi connectivity index (χ1) is 19.0. The summed E-state index contributed by atoms with van der Waals surface area (Å²) < 4.78 is 0.983. The van der Waals surface area contributed by atoms with Gasteiger partial charge in [-0.05, 0) is 43.2 Å². The van der Waals surface area contributed by atoms with E-state index in [0.29, 0.717) is 7.92 Å². The maximum absolute atomic E-state index is 3.05. The quantitative estimate of drug-likeness (QED) is 0.230. The predicted octanol–water partition coefficient (Wildman–Crippen LogP) is 10.6. The second-order valence-corrected chi connectivity index (χ2v) is 47.6. The Balaban J connectivity index is 0.000000109. The van der Waals surface area contributed by atoms with Crippen LogP contribution in [-0.2, 0) is 6.51 Å². The molecule has 4 unspecified atom stereocenters. The van der Waals surface area contributed by atoms with E-state index in [1.807, 2.05) is 0 Å². The molecule has 14 rings (SSSR count). The molecule has 2 aromatic rings. The molecule has 0 N–H and O–H groups in total. The Labute approximate surface area is 228 Å².